The largest absolute Gasteiger partial charge is 0.333 e. The number of hydrogen-bond acceptors (Lipinski definition) is 3. The zero-order valence-electron chi connectivity index (χ0n) is 12.3. The molecule has 0 spiro atoms. The molecule has 2 rings (SSSR count). The van der Waals surface area contributed by atoms with Crippen LogP contribution in [0.2, 0.25) is 10.0 Å². The number of aromatic nitrogens is 3. The van der Waals surface area contributed by atoms with Gasteiger partial charge in [0.15, 0.2) is 0 Å². The molecule has 21 heavy (non-hydrogen) atoms. The first-order valence-corrected chi connectivity index (χ1v) is 7.98. The highest BCUT2D eigenvalue weighted by molar-refractivity contribution is 6.34. The Morgan fingerprint density at radius 2 is 2.05 bits per heavy atom. The van der Waals surface area contributed by atoms with E-state index < -0.39 is 0 Å². The number of imidazole rings is 1. The van der Waals surface area contributed by atoms with Gasteiger partial charge in [0.1, 0.15) is 11.9 Å². The number of halogens is 2. The summed E-state index contributed by atoms with van der Waals surface area (Å²) in [6.07, 6.45) is 7.50. The van der Waals surface area contributed by atoms with Gasteiger partial charge in [-0.05, 0) is 25.5 Å². The molecule has 0 amide bonds. The van der Waals surface area contributed by atoms with Crippen molar-refractivity contribution in [3.63, 3.8) is 0 Å². The van der Waals surface area contributed by atoms with Gasteiger partial charge in [-0.2, -0.15) is 0 Å². The van der Waals surface area contributed by atoms with E-state index in [1.165, 1.54) is 0 Å². The van der Waals surface area contributed by atoms with Crippen molar-refractivity contribution in [2.24, 2.45) is 0 Å². The van der Waals surface area contributed by atoms with Crippen LogP contribution in [0.5, 0.6) is 0 Å². The van der Waals surface area contributed by atoms with Gasteiger partial charge in [0, 0.05) is 25.1 Å². The second kappa shape index (κ2) is 7.78. The molecular formula is C15H20Cl2N4. The third kappa shape index (κ3) is 3.96. The van der Waals surface area contributed by atoms with E-state index in [4.69, 9.17) is 23.2 Å². The molecule has 6 heteroatoms. The van der Waals surface area contributed by atoms with Gasteiger partial charge in [-0.25, -0.2) is 4.98 Å². The van der Waals surface area contributed by atoms with Crippen molar-refractivity contribution in [2.45, 2.75) is 39.3 Å². The molecule has 2 heterocycles. The molecule has 4 nitrogen and oxygen atoms in total. The third-order valence-electron chi connectivity index (χ3n) is 3.18. The Bertz CT molecular complexity index is 583. The molecule has 0 fully saturated rings. The molecule has 0 bridgehead atoms. The van der Waals surface area contributed by atoms with E-state index in [2.05, 4.69) is 33.7 Å². The number of nitrogens with zero attached hydrogens (tertiary/aromatic N) is 3. The second-order valence-electron chi connectivity index (χ2n) is 4.89. The predicted octanol–water partition coefficient (Wildman–Crippen LogP) is 4.08. The van der Waals surface area contributed by atoms with E-state index in [1.807, 2.05) is 12.4 Å². The minimum absolute atomic E-state index is 0.128. The van der Waals surface area contributed by atoms with Crippen molar-refractivity contribution in [1.29, 1.82) is 0 Å². The fourth-order valence-corrected chi connectivity index (χ4v) is 2.74. The van der Waals surface area contributed by atoms with E-state index in [-0.39, 0.29) is 6.04 Å². The predicted molar refractivity (Wildman–Crippen MR) is 86.9 cm³/mol. The molecule has 1 unspecified atom stereocenters. The number of hydrogen-bond donors (Lipinski definition) is 1. The van der Waals surface area contributed by atoms with Gasteiger partial charge in [0.05, 0.1) is 15.7 Å². The van der Waals surface area contributed by atoms with Gasteiger partial charge in [-0.1, -0.05) is 37.0 Å². The van der Waals surface area contributed by atoms with Gasteiger partial charge in [-0.15, -0.1) is 0 Å². The second-order valence-corrected chi connectivity index (χ2v) is 5.73. The van der Waals surface area contributed by atoms with Crippen LogP contribution in [0.25, 0.3) is 0 Å². The molecular weight excluding hydrogens is 307 g/mol. The average Bonchev–Trinajstić information content (AvgIpc) is 2.90. The Morgan fingerprint density at radius 3 is 2.71 bits per heavy atom. The summed E-state index contributed by atoms with van der Waals surface area (Å²) in [7, 11) is 0. The lowest BCUT2D eigenvalue weighted by Crippen LogP contribution is -2.27. The molecule has 0 aliphatic rings. The van der Waals surface area contributed by atoms with Crippen LogP contribution in [-0.4, -0.2) is 21.1 Å². The van der Waals surface area contributed by atoms with Crippen LogP contribution >= 0.6 is 23.2 Å². The maximum Gasteiger partial charge on any atom is 0.132 e. The third-order valence-corrected chi connectivity index (χ3v) is 3.69. The number of aryl methyl sites for hydroxylation is 1. The lowest BCUT2D eigenvalue weighted by molar-refractivity contribution is 0.522. The van der Waals surface area contributed by atoms with Crippen molar-refractivity contribution in [1.82, 2.24) is 19.9 Å². The van der Waals surface area contributed by atoms with Crippen LogP contribution in [0.4, 0.5) is 0 Å². The first-order valence-electron chi connectivity index (χ1n) is 7.22. The van der Waals surface area contributed by atoms with Gasteiger partial charge < -0.3 is 9.88 Å². The summed E-state index contributed by atoms with van der Waals surface area (Å²) in [6.45, 7) is 6.06. The first-order chi connectivity index (χ1) is 10.2. The topological polar surface area (TPSA) is 42.7 Å². The molecule has 114 valence electrons. The number of pyridine rings is 1. The standard InChI is InChI=1S/C15H20Cl2N4/c1-3-5-18-14(13-12(17)9-11(16)10-20-13)15-19-6-8-21(15)7-4-2/h6,8-10,14,18H,3-5,7H2,1-2H3. The van der Waals surface area contributed by atoms with Crippen molar-refractivity contribution in [3.05, 3.63) is 46.2 Å². The Balaban J connectivity index is 2.39. The highest BCUT2D eigenvalue weighted by Gasteiger charge is 2.22. The summed E-state index contributed by atoms with van der Waals surface area (Å²) in [5.41, 5.74) is 0.762. The van der Waals surface area contributed by atoms with Crippen molar-refractivity contribution in [2.75, 3.05) is 6.54 Å². The Kier molecular flexibility index (Phi) is 6.03. The SMILES string of the molecule is CCCNC(c1ncc(Cl)cc1Cl)c1nccn1CCC. The fourth-order valence-electron chi connectivity index (χ4n) is 2.25. The zero-order chi connectivity index (χ0) is 15.2. The smallest absolute Gasteiger partial charge is 0.132 e. The van der Waals surface area contributed by atoms with Crippen molar-refractivity contribution >= 4 is 23.2 Å². The van der Waals surface area contributed by atoms with Gasteiger partial charge >= 0.3 is 0 Å². The Labute approximate surface area is 135 Å². The minimum atomic E-state index is -0.128. The first kappa shape index (κ1) is 16.3. The molecule has 0 aliphatic heterocycles. The monoisotopic (exact) mass is 326 g/mol. The highest BCUT2D eigenvalue weighted by atomic mass is 35.5. The van der Waals surface area contributed by atoms with Crippen LogP contribution < -0.4 is 5.32 Å². The van der Waals surface area contributed by atoms with Gasteiger partial charge in [0.2, 0.25) is 0 Å². The maximum atomic E-state index is 6.33. The molecule has 1 atom stereocenters. The fraction of sp³-hybridized carbons (Fsp3) is 0.467. The van der Waals surface area contributed by atoms with Crippen LogP contribution in [0.15, 0.2) is 24.7 Å². The molecule has 0 saturated carbocycles. The minimum Gasteiger partial charge on any atom is -0.333 e. The van der Waals surface area contributed by atoms with Gasteiger partial charge in [-0.3, -0.25) is 4.98 Å². The molecule has 1 N–H and O–H groups in total. The van der Waals surface area contributed by atoms with E-state index in [1.54, 1.807) is 12.3 Å². The average molecular weight is 327 g/mol. The normalized spacial score (nSPS) is 12.6. The van der Waals surface area contributed by atoms with E-state index in [0.717, 1.165) is 37.4 Å². The molecule has 2 aromatic heterocycles. The number of nitrogens with one attached hydrogen (secondary N) is 1. The maximum absolute atomic E-state index is 6.33. The molecule has 0 aliphatic carbocycles. The Morgan fingerprint density at radius 1 is 1.24 bits per heavy atom. The summed E-state index contributed by atoms with van der Waals surface area (Å²) >= 11 is 12.3. The molecule has 0 saturated heterocycles. The van der Waals surface area contributed by atoms with Gasteiger partial charge in [0.25, 0.3) is 0 Å². The quantitative estimate of drug-likeness (QED) is 0.833. The molecule has 0 aromatic carbocycles. The van der Waals surface area contributed by atoms with Crippen LogP contribution in [0.3, 0.4) is 0 Å². The van der Waals surface area contributed by atoms with E-state index >= 15 is 0 Å². The zero-order valence-corrected chi connectivity index (χ0v) is 13.8. The van der Waals surface area contributed by atoms with E-state index in [9.17, 15) is 0 Å². The van der Waals surface area contributed by atoms with E-state index in [0.29, 0.717) is 10.0 Å². The lowest BCUT2D eigenvalue weighted by atomic mass is 10.1. The van der Waals surface area contributed by atoms with Crippen LogP contribution in [0.1, 0.15) is 44.2 Å². The summed E-state index contributed by atoms with van der Waals surface area (Å²) < 4.78 is 2.14. The van der Waals surface area contributed by atoms with Crippen LogP contribution in [0, 0.1) is 0 Å². The highest BCUT2D eigenvalue weighted by Crippen LogP contribution is 2.27. The summed E-state index contributed by atoms with van der Waals surface area (Å²) in [4.78, 5) is 8.91. The summed E-state index contributed by atoms with van der Waals surface area (Å²) in [5.74, 6) is 0.932. The lowest BCUT2D eigenvalue weighted by Gasteiger charge is -2.20. The number of rotatable bonds is 7. The van der Waals surface area contributed by atoms with Crippen molar-refractivity contribution < 1.29 is 0 Å². The molecule has 2 aromatic rings. The summed E-state index contributed by atoms with van der Waals surface area (Å²) in [6, 6.07) is 1.59. The van der Waals surface area contributed by atoms with Crippen LogP contribution in [-0.2, 0) is 6.54 Å². The summed E-state index contributed by atoms with van der Waals surface area (Å²) in [5, 5.41) is 4.57. The molecule has 0 radical (unpaired) electrons. The van der Waals surface area contributed by atoms with Crippen molar-refractivity contribution in [3.8, 4) is 0 Å². The Hall–Kier alpha value is -1.10.